The van der Waals surface area contributed by atoms with Gasteiger partial charge in [-0.25, -0.2) is 0 Å². The summed E-state index contributed by atoms with van der Waals surface area (Å²) in [5.41, 5.74) is 4.67. The first-order valence-electron chi connectivity index (χ1n) is 9.52. The van der Waals surface area contributed by atoms with Crippen LogP contribution in [0.25, 0.3) is 10.8 Å². The van der Waals surface area contributed by atoms with Crippen LogP contribution in [0.1, 0.15) is 28.4 Å². The quantitative estimate of drug-likeness (QED) is 0.560. The monoisotopic (exact) mass is 336 g/mol. The molecule has 0 amide bonds. The molecule has 8 rings (SSSR count). The lowest BCUT2D eigenvalue weighted by Crippen LogP contribution is -2.49. The highest BCUT2D eigenvalue weighted by Gasteiger charge is 2.77. The van der Waals surface area contributed by atoms with Gasteiger partial charge in [-0.05, 0) is 39.1 Å². The first kappa shape index (κ1) is 12.9. The first-order valence-corrected chi connectivity index (χ1v) is 9.52. The molecule has 3 aromatic carbocycles. The predicted octanol–water partition coefficient (Wildman–Crippen LogP) is 4.58. The summed E-state index contributed by atoms with van der Waals surface area (Å²) in [6.07, 6.45) is 4.91. The lowest BCUT2D eigenvalue weighted by molar-refractivity contribution is -0.0922. The first-order chi connectivity index (χ1) is 12.8. The molecule has 2 heteroatoms. The minimum Gasteiger partial charge on any atom is -0.358 e. The molecule has 0 N–H and O–H groups in total. The highest BCUT2D eigenvalue weighted by molar-refractivity contribution is 5.93. The van der Waals surface area contributed by atoms with Crippen molar-refractivity contribution in [3.05, 3.63) is 95.1 Å². The molecule has 4 bridgehead atoms. The number of hydrogen-bond donors (Lipinski definition) is 0. The predicted molar refractivity (Wildman–Crippen MR) is 97.7 cm³/mol. The van der Waals surface area contributed by atoms with Gasteiger partial charge in [0.2, 0.25) is 0 Å². The van der Waals surface area contributed by atoms with Crippen LogP contribution in [-0.2, 0) is 20.7 Å². The van der Waals surface area contributed by atoms with E-state index in [9.17, 15) is 0 Å². The maximum Gasteiger partial charge on any atom is 0.127 e. The molecule has 2 saturated heterocycles. The van der Waals surface area contributed by atoms with Gasteiger partial charge in [0.1, 0.15) is 11.2 Å². The number of benzene rings is 3. The Morgan fingerprint density at radius 2 is 1.58 bits per heavy atom. The fourth-order valence-electron chi connectivity index (χ4n) is 6.93. The third kappa shape index (κ3) is 1.02. The molecule has 3 aromatic rings. The van der Waals surface area contributed by atoms with Gasteiger partial charge in [0.05, 0.1) is 12.2 Å². The molecule has 124 valence electrons. The van der Waals surface area contributed by atoms with E-state index >= 15 is 0 Å². The average molecular weight is 336 g/mol. The Balaban J connectivity index is 1.64. The van der Waals surface area contributed by atoms with Crippen molar-refractivity contribution in [3.63, 3.8) is 0 Å². The summed E-state index contributed by atoms with van der Waals surface area (Å²) in [5.74, 6) is 0.726. The minimum atomic E-state index is -0.376. The van der Waals surface area contributed by atoms with E-state index in [-0.39, 0.29) is 23.4 Å². The molecule has 2 nitrogen and oxygen atoms in total. The Hall–Kier alpha value is -2.42. The van der Waals surface area contributed by atoms with Gasteiger partial charge in [-0.15, -0.1) is 0 Å². The molecule has 6 atom stereocenters. The summed E-state index contributed by atoms with van der Waals surface area (Å²) in [7, 11) is 0. The van der Waals surface area contributed by atoms with Crippen LogP contribution in [0.2, 0.25) is 0 Å². The molecule has 0 aromatic heterocycles. The third-order valence-corrected chi connectivity index (χ3v) is 7.58. The molecule has 0 saturated carbocycles. The maximum atomic E-state index is 6.97. The van der Waals surface area contributed by atoms with Crippen molar-refractivity contribution >= 4 is 10.8 Å². The number of hydrogen-bond acceptors (Lipinski definition) is 2. The van der Waals surface area contributed by atoms with Gasteiger partial charge in [0, 0.05) is 11.8 Å². The molecule has 2 fully saturated rings. The fraction of sp³-hybridized carbons (Fsp3) is 0.250. The molecule has 4 aliphatic heterocycles. The van der Waals surface area contributed by atoms with E-state index in [2.05, 4.69) is 72.8 Å². The minimum absolute atomic E-state index is 0.137. The van der Waals surface area contributed by atoms with Crippen molar-refractivity contribution in [2.45, 2.75) is 23.4 Å². The van der Waals surface area contributed by atoms with E-state index in [1.54, 1.807) is 0 Å². The largest absolute Gasteiger partial charge is 0.358 e. The van der Waals surface area contributed by atoms with E-state index in [1.807, 2.05) is 0 Å². The molecule has 5 aliphatic rings. The van der Waals surface area contributed by atoms with Crippen LogP contribution in [0.3, 0.4) is 0 Å². The molecular weight excluding hydrogens is 320 g/mol. The van der Waals surface area contributed by atoms with Gasteiger partial charge in [0.25, 0.3) is 0 Å². The van der Waals surface area contributed by atoms with Crippen molar-refractivity contribution in [1.29, 1.82) is 0 Å². The zero-order chi connectivity index (χ0) is 16.7. The third-order valence-electron chi connectivity index (χ3n) is 7.58. The standard InChI is InChI=1S/C24H16O2/c1-2-8-15-14(7-1)21-20-18-11-12-23(25-18)16-9-3-5-13-6-4-10-17(19(13)16)24(15,26-21)22(20)23/h1-12,18,20-22H. The Bertz CT molecular complexity index is 1190. The Labute approximate surface area is 151 Å². The second-order valence-corrected chi connectivity index (χ2v) is 8.36. The van der Waals surface area contributed by atoms with Crippen molar-refractivity contribution in [3.8, 4) is 0 Å². The van der Waals surface area contributed by atoms with Crippen molar-refractivity contribution in [2.75, 3.05) is 0 Å². The molecule has 6 unspecified atom stereocenters. The van der Waals surface area contributed by atoms with Crippen LogP contribution < -0.4 is 0 Å². The summed E-state index contributed by atoms with van der Waals surface area (Å²) in [4.78, 5) is 0. The summed E-state index contributed by atoms with van der Waals surface area (Å²) >= 11 is 0. The van der Waals surface area contributed by atoms with Crippen molar-refractivity contribution in [1.82, 2.24) is 0 Å². The van der Waals surface area contributed by atoms with Crippen LogP contribution in [0.5, 0.6) is 0 Å². The van der Waals surface area contributed by atoms with Crippen molar-refractivity contribution in [2.24, 2.45) is 11.8 Å². The van der Waals surface area contributed by atoms with E-state index in [1.165, 1.54) is 33.0 Å². The zero-order valence-electron chi connectivity index (χ0n) is 14.1. The SMILES string of the molecule is C1=CC23OC1C1C4OC(c5ccccc54)(c4cccc5cccc2c45)C13. The second kappa shape index (κ2) is 3.66. The van der Waals surface area contributed by atoms with E-state index < -0.39 is 0 Å². The van der Waals surface area contributed by atoms with E-state index in [4.69, 9.17) is 9.47 Å². The van der Waals surface area contributed by atoms with Gasteiger partial charge in [0.15, 0.2) is 0 Å². The summed E-state index contributed by atoms with van der Waals surface area (Å²) in [5, 5.41) is 2.61. The van der Waals surface area contributed by atoms with E-state index in [0.29, 0.717) is 11.8 Å². The van der Waals surface area contributed by atoms with Gasteiger partial charge < -0.3 is 9.47 Å². The lowest BCUT2D eigenvalue weighted by atomic mass is 9.54. The number of rotatable bonds is 0. The fourth-order valence-corrected chi connectivity index (χ4v) is 6.93. The number of ether oxygens (including phenoxy) is 2. The summed E-state index contributed by atoms with van der Waals surface area (Å²) in [6, 6.07) is 22.2. The summed E-state index contributed by atoms with van der Waals surface area (Å²) < 4.78 is 13.7. The maximum absolute atomic E-state index is 6.97. The Morgan fingerprint density at radius 3 is 2.50 bits per heavy atom. The van der Waals surface area contributed by atoms with Crippen LogP contribution in [-0.4, -0.2) is 6.10 Å². The van der Waals surface area contributed by atoms with Gasteiger partial charge in [-0.1, -0.05) is 66.7 Å². The van der Waals surface area contributed by atoms with Crippen LogP contribution in [0.15, 0.2) is 72.8 Å². The van der Waals surface area contributed by atoms with Gasteiger partial charge in [-0.2, -0.15) is 0 Å². The second-order valence-electron chi connectivity index (χ2n) is 8.36. The van der Waals surface area contributed by atoms with Crippen LogP contribution in [0, 0.1) is 11.8 Å². The molecule has 1 aliphatic carbocycles. The average Bonchev–Trinajstić information content (AvgIpc) is 3.43. The van der Waals surface area contributed by atoms with Gasteiger partial charge in [-0.3, -0.25) is 0 Å². The highest BCUT2D eigenvalue weighted by atomic mass is 16.6. The zero-order valence-corrected chi connectivity index (χ0v) is 14.1. The molecule has 2 spiro atoms. The van der Waals surface area contributed by atoms with Crippen LogP contribution >= 0.6 is 0 Å². The highest BCUT2D eigenvalue weighted by Crippen LogP contribution is 2.76. The smallest absolute Gasteiger partial charge is 0.127 e. The molecule has 26 heavy (non-hydrogen) atoms. The summed E-state index contributed by atoms with van der Waals surface area (Å²) in [6.45, 7) is 0. The van der Waals surface area contributed by atoms with E-state index in [0.717, 1.165) is 0 Å². The van der Waals surface area contributed by atoms with Gasteiger partial charge >= 0.3 is 0 Å². The molecule has 4 heterocycles. The molecular formula is C24H16O2. The van der Waals surface area contributed by atoms with Crippen molar-refractivity contribution < 1.29 is 9.47 Å². The normalized spacial score (nSPS) is 41.7. The van der Waals surface area contributed by atoms with Crippen LogP contribution in [0.4, 0.5) is 0 Å². The lowest BCUT2D eigenvalue weighted by Gasteiger charge is -2.47. The molecule has 0 radical (unpaired) electrons. The Kier molecular flexibility index (Phi) is 1.81. The topological polar surface area (TPSA) is 18.5 Å². The number of fused-ring (bicyclic) bond motifs is 6. The Morgan fingerprint density at radius 1 is 0.769 bits per heavy atom.